The molecule has 8 heteroatoms. The first-order valence-corrected chi connectivity index (χ1v) is 11.4. The van der Waals surface area contributed by atoms with Crippen LogP contribution < -0.4 is 14.8 Å². The lowest BCUT2D eigenvalue weighted by Gasteiger charge is -2.29. The van der Waals surface area contributed by atoms with Crippen molar-refractivity contribution >= 4 is 46.4 Å². The number of benzene rings is 3. The number of fused-ring (bicyclic) bond motifs is 1. The first-order chi connectivity index (χ1) is 16.2. The van der Waals surface area contributed by atoms with E-state index in [0.717, 1.165) is 54.0 Å². The number of hydrogen-bond acceptors (Lipinski definition) is 6. The minimum Gasteiger partial charge on any atom is -0.489 e. The summed E-state index contributed by atoms with van der Waals surface area (Å²) in [5, 5.41) is 4.75. The summed E-state index contributed by atoms with van der Waals surface area (Å²) in [5.74, 6) is 2.79. The normalized spacial score (nSPS) is 14.4. The minimum atomic E-state index is 0. The molecule has 6 nitrogen and oxygen atoms in total. The van der Waals surface area contributed by atoms with Gasteiger partial charge in [0.05, 0.1) is 15.9 Å². The predicted octanol–water partition coefficient (Wildman–Crippen LogP) is 6.71. The first-order valence-electron chi connectivity index (χ1n) is 11.0. The molecule has 0 atom stereocenters. The number of aromatic nitrogens is 2. The molecule has 1 aliphatic heterocycles. The van der Waals surface area contributed by atoms with E-state index >= 15 is 0 Å². The molecule has 0 amide bonds. The predicted molar refractivity (Wildman–Crippen MR) is 139 cm³/mol. The number of nitrogens with zero attached hydrogens (tertiary/aromatic N) is 3. The van der Waals surface area contributed by atoms with Gasteiger partial charge < -0.3 is 19.7 Å². The highest BCUT2D eigenvalue weighted by atomic mass is 35.5. The second-order valence-electron chi connectivity index (χ2n) is 8.18. The Morgan fingerprint density at radius 1 is 0.941 bits per heavy atom. The van der Waals surface area contributed by atoms with E-state index < -0.39 is 0 Å². The molecule has 0 radical (unpaired) electrons. The summed E-state index contributed by atoms with van der Waals surface area (Å²) < 4.78 is 12.3. The van der Waals surface area contributed by atoms with Gasteiger partial charge in [0.25, 0.3) is 0 Å². The number of hydrogen-bond donors (Lipinski definition) is 1. The first kappa shape index (κ1) is 24.1. The molecule has 4 aromatic rings. The van der Waals surface area contributed by atoms with Crippen molar-refractivity contribution in [3.8, 4) is 17.2 Å². The Hall–Kier alpha value is -3.06. The third-order valence-corrected chi connectivity index (χ3v) is 6.04. The largest absolute Gasteiger partial charge is 0.489 e. The van der Waals surface area contributed by atoms with Crippen LogP contribution in [-0.4, -0.2) is 41.1 Å². The molecular weight excluding hydrogens is 471 g/mol. The minimum absolute atomic E-state index is 0. The van der Waals surface area contributed by atoms with Crippen LogP contribution in [0.5, 0.6) is 17.2 Å². The average Bonchev–Trinajstić information content (AvgIpc) is 2.83. The Morgan fingerprint density at radius 3 is 2.50 bits per heavy atom. The summed E-state index contributed by atoms with van der Waals surface area (Å²) in [4.78, 5) is 11.3. The van der Waals surface area contributed by atoms with Crippen molar-refractivity contribution in [3.63, 3.8) is 0 Å². The van der Waals surface area contributed by atoms with Crippen LogP contribution in [0.25, 0.3) is 10.9 Å². The molecule has 1 aromatic heterocycles. The van der Waals surface area contributed by atoms with E-state index in [0.29, 0.717) is 16.6 Å². The number of para-hydroxylation sites is 1. The van der Waals surface area contributed by atoms with Crippen molar-refractivity contribution in [1.29, 1.82) is 0 Å². The lowest BCUT2D eigenvalue weighted by molar-refractivity contribution is 0.116. The van der Waals surface area contributed by atoms with Crippen molar-refractivity contribution < 1.29 is 9.47 Å². The molecule has 3 aromatic carbocycles. The van der Waals surface area contributed by atoms with E-state index in [1.807, 2.05) is 66.7 Å². The van der Waals surface area contributed by atoms with Crippen LogP contribution >= 0.6 is 24.0 Å². The maximum absolute atomic E-state index is 6.51. The zero-order valence-corrected chi connectivity index (χ0v) is 20.4. The molecule has 1 saturated heterocycles. The highest BCUT2D eigenvalue weighted by molar-refractivity contribution is 6.32. The molecule has 34 heavy (non-hydrogen) atoms. The van der Waals surface area contributed by atoms with E-state index in [1.165, 1.54) is 0 Å². The third kappa shape index (κ3) is 5.53. The van der Waals surface area contributed by atoms with Crippen LogP contribution in [0.4, 0.5) is 11.5 Å². The van der Waals surface area contributed by atoms with E-state index in [1.54, 1.807) is 6.33 Å². The molecule has 0 unspecified atom stereocenters. The van der Waals surface area contributed by atoms with E-state index in [9.17, 15) is 0 Å². The van der Waals surface area contributed by atoms with Crippen LogP contribution in [0.3, 0.4) is 0 Å². The van der Waals surface area contributed by atoms with Gasteiger partial charge in [-0.15, -0.1) is 12.4 Å². The van der Waals surface area contributed by atoms with Gasteiger partial charge in [0.1, 0.15) is 35.5 Å². The van der Waals surface area contributed by atoms with E-state index in [-0.39, 0.29) is 18.5 Å². The van der Waals surface area contributed by atoms with Gasteiger partial charge in [-0.3, -0.25) is 0 Å². The van der Waals surface area contributed by atoms with Crippen LogP contribution in [0.15, 0.2) is 73.1 Å². The lowest BCUT2D eigenvalue weighted by Crippen LogP contribution is -2.35. The number of nitrogens with one attached hydrogen (secondary N) is 1. The van der Waals surface area contributed by atoms with Gasteiger partial charge in [0.15, 0.2) is 0 Å². The number of piperidine rings is 1. The van der Waals surface area contributed by atoms with Crippen molar-refractivity contribution in [2.24, 2.45) is 0 Å². The summed E-state index contributed by atoms with van der Waals surface area (Å²) in [6.07, 6.45) is 3.74. The Kier molecular flexibility index (Phi) is 7.73. The van der Waals surface area contributed by atoms with Gasteiger partial charge in [-0.05, 0) is 62.4 Å². The monoisotopic (exact) mass is 496 g/mol. The number of anilines is 2. The maximum Gasteiger partial charge on any atom is 0.146 e. The number of ether oxygens (including phenoxy) is 2. The fourth-order valence-electron chi connectivity index (χ4n) is 3.97. The molecule has 0 bridgehead atoms. The Morgan fingerprint density at radius 2 is 1.74 bits per heavy atom. The average molecular weight is 497 g/mol. The maximum atomic E-state index is 6.51. The van der Waals surface area contributed by atoms with E-state index in [4.69, 9.17) is 21.1 Å². The van der Waals surface area contributed by atoms with Gasteiger partial charge in [0, 0.05) is 18.8 Å². The van der Waals surface area contributed by atoms with Crippen molar-refractivity contribution in [2.45, 2.75) is 18.9 Å². The van der Waals surface area contributed by atoms with Crippen LogP contribution in [0.2, 0.25) is 5.02 Å². The molecule has 1 aliphatic rings. The van der Waals surface area contributed by atoms with Crippen LogP contribution in [0.1, 0.15) is 12.8 Å². The molecule has 0 saturated carbocycles. The fourth-order valence-corrected chi connectivity index (χ4v) is 4.19. The fraction of sp³-hybridized carbons (Fsp3) is 0.231. The smallest absolute Gasteiger partial charge is 0.146 e. The quantitative estimate of drug-likeness (QED) is 0.319. The summed E-state index contributed by atoms with van der Waals surface area (Å²) >= 11 is 6.51. The number of rotatable bonds is 6. The standard InChI is InChI=1S/C26H25ClN4O2.ClH/c1-31-14-12-20(13-15-31)33-24-9-5-8-22-25(24)26(29-17-28-22)30-18-10-11-23(21(27)16-18)32-19-6-3-2-4-7-19;/h2-11,16-17,20H,12-15H2,1H3,(H,28,29,30);1H. The number of likely N-dealkylation sites (tertiary alicyclic amines) is 1. The topological polar surface area (TPSA) is 59.5 Å². The number of halogens is 2. The molecule has 0 spiro atoms. The van der Waals surface area contributed by atoms with Crippen LogP contribution in [-0.2, 0) is 0 Å². The van der Waals surface area contributed by atoms with Crippen molar-refractivity contribution in [3.05, 3.63) is 78.1 Å². The second kappa shape index (κ2) is 10.9. The van der Waals surface area contributed by atoms with Gasteiger partial charge in [0.2, 0.25) is 0 Å². The Bertz CT molecular complexity index is 1240. The molecule has 176 valence electrons. The summed E-state index contributed by atoms with van der Waals surface area (Å²) in [6, 6.07) is 21.1. The molecule has 2 heterocycles. The summed E-state index contributed by atoms with van der Waals surface area (Å²) in [5.41, 5.74) is 1.63. The molecular formula is C26H26Cl2N4O2. The summed E-state index contributed by atoms with van der Waals surface area (Å²) in [6.45, 7) is 2.07. The SMILES string of the molecule is CN1CCC(Oc2cccc3ncnc(Nc4ccc(Oc5ccccc5)c(Cl)c4)c23)CC1.Cl. The van der Waals surface area contributed by atoms with Crippen molar-refractivity contribution in [2.75, 3.05) is 25.5 Å². The molecule has 0 aliphatic carbocycles. The highest BCUT2D eigenvalue weighted by Gasteiger charge is 2.20. The lowest BCUT2D eigenvalue weighted by atomic mass is 10.1. The van der Waals surface area contributed by atoms with Crippen LogP contribution in [0, 0.1) is 0 Å². The Labute approximate surface area is 210 Å². The van der Waals surface area contributed by atoms with Gasteiger partial charge in [-0.1, -0.05) is 35.9 Å². The third-order valence-electron chi connectivity index (χ3n) is 5.75. The van der Waals surface area contributed by atoms with E-state index in [2.05, 4.69) is 27.2 Å². The van der Waals surface area contributed by atoms with Gasteiger partial charge in [-0.25, -0.2) is 9.97 Å². The van der Waals surface area contributed by atoms with Gasteiger partial charge >= 0.3 is 0 Å². The molecule has 5 rings (SSSR count). The Balaban J connectivity index is 0.00000274. The molecule has 1 N–H and O–H groups in total. The zero-order chi connectivity index (χ0) is 22.6. The summed E-state index contributed by atoms with van der Waals surface area (Å²) in [7, 11) is 2.14. The highest BCUT2D eigenvalue weighted by Crippen LogP contribution is 2.36. The zero-order valence-electron chi connectivity index (χ0n) is 18.8. The van der Waals surface area contributed by atoms with Gasteiger partial charge in [-0.2, -0.15) is 0 Å². The van der Waals surface area contributed by atoms with Crippen molar-refractivity contribution in [1.82, 2.24) is 14.9 Å². The molecule has 1 fully saturated rings. The second-order valence-corrected chi connectivity index (χ2v) is 8.59.